The second kappa shape index (κ2) is 6.40. The van der Waals surface area contributed by atoms with E-state index in [0.29, 0.717) is 4.88 Å². The minimum atomic E-state index is -0.867. The van der Waals surface area contributed by atoms with Gasteiger partial charge in [0.25, 0.3) is 0 Å². The number of aromatic carboxylic acids is 1. The third kappa shape index (κ3) is 3.59. The Hall–Kier alpha value is -1.79. The average molecular weight is 272 g/mol. The van der Waals surface area contributed by atoms with Gasteiger partial charge < -0.3 is 5.11 Å². The molecule has 0 unspecified atom stereocenters. The van der Waals surface area contributed by atoms with Crippen molar-refractivity contribution in [3.63, 3.8) is 0 Å². The van der Waals surface area contributed by atoms with Crippen molar-refractivity contribution in [1.29, 1.82) is 0 Å². The van der Waals surface area contributed by atoms with Crippen LogP contribution < -0.4 is 0 Å². The van der Waals surface area contributed by atoms with Crippen LogP contribution in [0.4, 0.5) is 0 Å². The number of unbranched alkanes of at least 4 members (excludes halogenated alkanes) is 3. The maximum atomic E-state index is 10.9. The minimum absolute atomic E-state index is 0.378. The van der Waals surface area contributed by atoms with Crippen LogP contribution in [0, 0.1) is 11.8 Å². The van der Waals surface area contributed by atoms with Gasteiger partial charge in [-0.05, 0) is 30.0 Å². The van der Waals surface area contributed by atoms with Gasteiger partial charge in [-0.2, -0.15) is 0 Å². The highest BCUT2D eigenvalue weighted by atomic mass is 32.1. The quantitative estimate of drug-likeness (QED) is 0.655. The van der Waals surface area contributed by atoms with Crippen molar-refractivity contribution >= 4 is 27.4 Å². The van der Waals surface area contributed by atoms with E-state index in [9.17, 15) is 4.79 Å². The number of carboxylic acids is 1. The number of carboxylic acid groups (broad SMARTS) is 1. The molecule has 0 bridgehead atoms. The summed E-state index contributed by atoms with van der Waals surface area (Å²) < 4.78 is 0.984. The van der Waals surface area contributed by atoms with Gasteiger partial charge in [0, 0.05) is 16.7 Å². The molecule has 98 valence electrons. The number of hydrogen-bond donors (Lipinski definition) is 1. The van der Waals surface area contributed by atoms with Crippen LogP contribution in [-0.4, -0.2) is 11.1 Å². The van der Waals surface area contributed by atoms with E-state index in [1.54, 1.807) is 6.07 Å². The molecule has 0 aliphatic carbocycles. The fourth-order valence-electron chi connectivity index (χ4n) is 1.84. The second-order valence-corrected chi connectivity index (χ2v) is 5.51. The van der Waals surface area contributed by atoms with Crippen molar-refractivity contribution in [3.05, 3.63) is 34.7 Å². The van der Waals surface area contributed by atoms with Crippen LogP contribution in [-0.2, 0) is 0 Å². The third-order valence-electron chi connectivity index (χ3n) is 2.87. The molecule has 3 heteroatoms. The Morgan fingerprint density at radius 2 is 2.16 bits per heavy atom. The van der Waals surface area contributed by atoms with Gasteiger partial charge in [0.05, 0.1) is 0 Å². The molecule has 0 amide bonds. The molecular weight excluding hydrogens is 256 g/mol. The Labute approximate surface area is 117 Å². The maximum absolute atomic E-state index is 10.9. The monoisotopic (exact) mass is 272 g/mol. The van der Waals surface area contributed by atoms with E-state index in [-0.39, 0.29) is 0 Å². The molecule has 0 saturated carbocycles. The van der Waals surface area contributed by atoms with Crippen molar-refractivity contribution in [2.75, 3.05) is 0 Å². The molecule has 0 atom stereocenters. The van der Waals surface area contributed by atoms with Gasteiger partial charge in [0.1, 0.15) is 4.88 Å². The molecule has 0 spiro atoms. The van der Waals surface area contributed by atoms with Crippen molar-refractivity contribution in [1.82, 2.24) is 0 Å². The van der Waals surface area contributed by atoms with E-state index < -0.39 is 5.97 Å². The van der Waals surface area contributed by atoms with Crippen molar-refractivity contribution in [3.8, 4) is 11.8 Å². The lowest BCUT2D eigenvalue weighted by atomic mass is 10.1. The summed E-state index contributed by atoms with van der Waals surface area (Å²) in [5.74, 6) is 5.45. The van der Waals surface area contributed by atoms with Crippen LogP contribution in [0.3, 0.4) is 0 Å². The van der Waals surface area contributed by atoms with E-state index >= 15 is 0 Å². The normalized spacial score (nSPS) is 10.2. The molecule has 2 rings (SSSR count). The number of benzene rings is 1. The lowest BCUT2D eigenvalue weighted by molar-refractivity contribution is 0.0702. The fraction of sp³-hybridized carbons (Fsp3) is 0.312. The number of hydrogen-bond acceptors (Lipinski definition) is 2. The maximum Gasteiger partial charge on any atom is 0.345 e. The van der Waals surface area contributed by atoms with E-state index in [2.05, 4.69) is 18.8 Å². The van der Waals surface area contributed by atoms with E-state index in [1.165, 1.54) is 24.2 Å². The van der Waals surface area contributed by atoms with Gasteiger partial charge in [-0.25, -0.2) is 4.79 Å². The number of carbonyl (C=O) groups is 1. The first-order valence-corrected chi connectivity index (χ1v) is 7.28. The standard InChI is InChI=1S/C16H16O2S/c1-2-3-4-5-6-7-12-8-9-13-11-15(16(17)18)19-14(13)10-12/h8-11H,2-5H2,1H3,(H,17,18). The summed E-state index contributed by atoms with van der Waals surface area (Å²) in [6, 6.07) is 7.57. The van der Waals surface area contributed by atoms with Crippen LogP contribution in [0.5, 0.6) is 0 Å². The summed E-state index contributed by atoms with van der Waals surface area (Å²) in [5, 5.41) is 9.93. The molecule has 19 heavy (non-hydrogen) atoms. The summed E-state index contributed by atoms with van der Waals surface area (Å²) in [4.78, 5) is 11.3. The number of rotatable bonds is 4. The Morgan fingerprint density at radius 3 is 2.89 bits per heavy atom. The largest absolute Gasteiger partial charge is 0.477 e. The van der Waals surface area contributed by atoms with Crippen molar-refractivity contribution in [2.45, 2.75) is 32.6 Å². The zero-order chi connectivity index (χ0) is 13.7. The van der Waals surface area contributed by atoms with Crippen LogP contribution >= 0.6 is 11.3 Å². The molecule has 2 aromatic rings. The summed E-state index contributed by atoms with van der Waals surface area (Å²) >= 11 is 1.30. The molecule has 0 radical (unpaired) electrons. The van der Waals surface area contributed by atoms with Gasteiger partial charge in [0.15, 0.2) is 0 Å². The molecule has 0 saturated heterocycles. The summed E-state index contributed by atoms with van der Waals surface area (Å²) in [5.41, 5.74) is 0.961. The molecule has 0 fully saturated rings. The predicted octanol–water partition coefficient (Wildman–Crippen LogP) is 4.53. The Bertz CT molecular complexity index is 644. The summed E-state index contributed by atoms with van der Waals surface area (Å²) in [6.45, 7) is 2.18. The van der Waals surface area contributed by atoms with Gasteiger partial charge in [-0.1, -0.05) is 37.7 Å². The lowest BCUT2D eigenvalue weighted by Gasteiger charge is -1.92. The van der Waals surface area contributed by atoms with Crippen LogP contribution in [0.1, 0.15) is 47.8 Å². The summed E-state index contributed by atoms with van der Waals surface area (Å²) in [6.07, 6.45) is 4.51. The molecule has 1 aromatic heterocycles. The van der Waals surface area contributed by atoms with Gasteiger partial charge in [0.2, 0.25) is 0 Å². The fourth-order valence-corrected chi connectivity index (χ4v) is 2.78. The molecule has 1 N–H and O–H groups in total. The molecular formula is C16H16O2S. The SMILES string of the molecule is CCCCCC#Cc1ccc2cc(C(=O)O)sc2c1. The molecule has 2 nitrogen and oxygen atoms in total. The molecule has 1 heterocycles. The van der Waals surface area contributed by atoms with Gasteiger partial charge in [-0.15, -0.1) is 11.3 Å². The number of thiophene rings is 1. The summed E-state index contributed by atoms with van der Waals surface area (Å²) in [7, 11) is 0. The number of fused-ring (bicyclic) bond motifs is 1. The highest BCUT2D eigenvalue weighted by Gasteiger charge is 2.07. The Kier molecular flexibility index (Phi) is 4.59. The van der Waals surface area contributed by atoms with E-state index in [4.69, 9.17) is 5.11 Å². The minimum Gasteiger partial charge on any atom is -0.477 e. The first kappa shape index (κ1) is 13.6. The van der Waals surface area contributed by atoms with Crippen LogP contribution in [0.25, 0.3) is 10.1 Å². The Balaban J connectivity index is 2.14. The van der Waals surface area contributed by atoms with Gasteiger partial charge in [-0.3, -0.25) is 0 Å². The predicted molar refractivity (Wildman–Crippen MR) is 79.8 cm³/mol. The first-order chi connectivity index (χ1) is 9.20. The smallest absolute Gasteiger partial charge is 0.345 e. The van der Waals surface area contributed by atoms with E-state index in [0.717, 1.165) is 28.5 Å². The topological polar surface area (TPSA) is 37.3 Å². The van der Waals surface area contributed by atoms with Crippen LogP contribution in [0.15, 0.2) is 24.3 Å². The first-order valence-electron chi connectivity index (χ1n) is 6.46. The molecule has 0 aliphatic heterocycles. The molecule has 0 aliphatic rings. The van der Waals surface area contributed by atoms with E-state index in [1.807, 2.05) is 18.2 Å². The second-order valence-electron chi connectivity index (χ2n) is 4.43. The third-order valence-corrected chi connectivity index (χ3v) is 3.95. The highest BCUT2D eigenvalue weighted by molar-refractivity contribution is 7.20. The zero-order valence-electron chi connectivity index (χ0n) is 10.9. The van der Waals surface area contributed by atoms with Crippen LogP contribution in [0.2, 0.25) is 0 Å². The van der Waals surface area contributed by atoms with Gasteiger partial charge >= 0.3 is 5.97 Å². The zero-order valence-corrected chi connectivity index (χ0v) is 11.7. The van der Waals surface area contributed by atoms with Crippen molar-refractivity contribution in [2.24, 2.45) is 0 Å². The lowest BCUT2D eigenvalue weighted by Crippen LogP contribution is -1.89. The molecule has 1 aromatic carbocycles. The highest BCUT2D eigenvalue weighted by Crippen LogP contribution is 2.26. The average Bonchev–Trinajstić information content (AvgIpc) is 2.82. The van der Waals surface area contributed by atoms with Crippen molar-refractivity contribution < 1.29 is 9.90 Å². The Morgan fingerprint density at radius 1 is 1.32 bits per heavy atom.